The molecule has 24 heavy (non-hydrogen) atoms. The molecule has 0 N–H and O–H groups in total. The predicted octanol–water partition coefficient (Wildman–Crippen LogP) is 4.65. The summed E-state index contributed by atoms with van der Waals surface area (Å²) in [6.45, 7) is 3.99. The molecular formula is C20H17NO2S. The summed E-state index contributed by atoms with van der Waals surface area (Å²) >= 11 is 0. The van der Waals surface area contributed by atoms with E-state index in [4.69, 9.17) is 0 Å². The molecule has 3 nitrogen and oxygen atoms in total. The van der Waals surface area contributed by atoms with E-state index in [9.17, 15) is 8.42 Å². The third kappa shape index (κ3) is 2.14. The van der Waals surface area contributed by atoms with Crippen LogP contribution in [0, 0.1) is 13.8 Å². The first-order valence-corrected chi connectivity index (χ1v) is 9.24. The zero-order valence-corrected chi connectivity index (χ0v) is 14.3. The van der Waals surface area contributed by atoms with Crippen LogP contribution in [0.4, 0.5) is 0 Å². The van der Waals surface area contributed by atoms with Gasteiger partial charge in [-0.2, -0.15) is 0 Å². The summed E-state index contributed by atoms with van der Waals surface area (Å²) in [4.78, 5) is 0.297. The smallest absolute Gasteiger partial charge is 0.233 e. The van der Waals surface area contributed by atoms with Crippen LogP contribution < -0.4 is 0 Å². The Morgan fingerprint density at radius 3 is 2.12 bits per heavy atom. The van der Waals surface area contributed by atoms with Gasteiger partial charge in [-0.15, -0.1) is 0 Å². The monoisotopic (exact) mass is 335 g/mol. The summed E-state index contributed by atoms with van der Waals surface area (Å²) in [7, 11) is -3.66. The van der Waals surface area contributed by atoms with E-state index >= 15 is 0 Å². The number of rotatable bonds is 2. The second-order valence-electron chi connectivity index (χ2n) is 6.12. The summed E-state index contributed by atoms with van der Waals surface area (Å²) in [5.74, 6) is 0. The molecular weight excluding hydrogens is 318 g/mol. The van der Waals surface area contributed by atoms with Crippen molar-refractivity contribution in [3.05, 3.63) is 77.9 Å². The molecule has 4 heteroatoms. The first-order valence-electron chi connectivity index (χ1n) is 7.80. The largest absolute Gasteiger partial charge is 0.268 e. The molecule has 1 aromatic heterocycles. The SMILES string of the molecule is Cc1ccc2c(c1)c1ccc(C)cc1n2S(=O)(=O)c1ccccc1. The first-order chi connectivity index (χ1) is 11.5. The van der Waals surface area contributed by atoms with E-state index in [0.717, 1.165) is 27.4 Å². The van der Waals surface area contributed by atoms with Crippen LogP contribution in [-0.4, -0.2) is 12.4 Å². The van der Waals surface area contributed by atoms with Gasteiger partial charge in [0.1, 0.15) is 0 Å². The van der Waals surface area contributed by atoms with Gasteiger partial charge < -0.3 is 0 Å². The molecule has 0 radical (unpaired) electrons. The normalized spacial score (nSPS) is 12.1. The Hall–Kier alpha value is -2.59. The van der Waals surface area contributed by atoms with Gasteiger partial charge in [0.25, 0.3) is 10.0 Å². The van der Waals surface area contributed by atoms with E-state index in [1.54, 1.807) is 24.3 Å². The lowest BCUT2D eigenvalue weighted by atomic mass is 10.1. The van der Waals surface area contributed by atoms with Gasteiger partial charge in [0, 0.05) is 10.8 Å². The van der Waals surface area contributed by atoms with Gasteiger partial charge in [0.2, 0.25) is 0 Å². The number of hydrogen-bond donors (Lipinski definition) is 0. The fourth-order valence-electron chi connectivity index (χ4n) is 3.17. The van der Waals surface area contributed by atoms with Gasteiger partial charge in [0.15, 0.2) is 0 Å². The molecule has 0 bridgehead atoms. The molecule has 0 spiro atoms. The first kappa shape index (κ1) is 15.0. The van der Waals surface area contributed by atoms with Crippen molar-refractivity contribution in [2.45, 2.75) is 18.7 Å². The van der Waals surface area contributed by atoms with Gasteiger partial charge in [-0.3, -0.25) is 0 Å². The van der Waals surface area contributed by atoms with Crippen molar-refractivity contribution in [2.75, 3.05) is 0 Å². The van der Waals surface area contributed by atoms with Gasteiger partial charge in [0.05, 0.1) is 15.9 Å². The van der Waals surface area contributed by atoms with Crippen LogP contribution in [0.2, 0.25) is 0 Å². The van der Waals surface area contributed by atoms with Crippen LogP contribution in [-0.2, 0) is 10.0 Å². The second-order valence-corrected chi connectivity index (χ2v) is 7.91. The number of fused-ring (bicyclic) bond motifs is 3. The molecule has 0 saturated heterocycles. The highest BCUT2D eigenvalue weighted by molar-refractivity contribution is 7.90. The Morgan fingerprint density at radius 2 is 1.38 bits per heavy atom. The quantitative estimate of drug-likeness (QED) is 0.535. The Bertz CT molecular complexity index is 1170. The van der Waals surface area contributed by atoms with Crippen molar-refractivity contribution in [3.63, 3.8) is 0 Å². The van der Waals surface area contributed by atoms with E-state index in [-0.39, 0.29) is 0 Å². The number of aryl methyl sites for hydroxylation is 2. The highest BCUT2D eigenvalue weighted by atomic mass is 32.2. The average molecular weight is 335 g/mol. The van der Waals surface area contributed by atoms with E-state index in [0.29, 0.717) is 10.4 Å². The molecule has 0 atom stereocenters. The van der Waals surface area contributed by atoms with Gasteiger partial charge in [-0.1, -0.05) is 42.0 Å². The predicted molar refractivity (Wildman–Crippen MR) is 97.9 cm³/mol. The molecule has 4 rings (SSSR count). The highest BCUT2D eigenvalue weighted by Crippen LogP contribution is 2.33. The summed E-state index contributed by atoms with van der Waals surface area (Å²) < 4.78 is 28.0. The molecule has 120 valence electrons. The van der Waals surface area contributed by atoms with Crippen molar-refractivity contribution in [3.8, 4) is 0 Å². The zero-order chi connectivity index (χ0) is 16.9. The lowest BCUT2D eigenvalue weighted by molar-refractivity contribution is 0.590. The topological polar surface area (TPSA) is 39.1 Å². The number of nitrogens with zero attached hydrogens (tertiary/aromatic N) is 1. The maximum absolute atomic E-state index is 13.3. The van der Waals surface area contributed by atoms with Gasteiger partial charge in [-0.05, 0) is 49.7 Å². The van der Waals surface area contributed by atoms with E-state index in [1.165, 1.54) is 3.97 Å². The third-order valence-corrected chi connectivity index (χ3v) is 6.06. The standard InChI is InChI=1S/C20H17NO2S/c1-14-9-11-19-18(12-14)17-10-8-15(2)13-20(17)21(19)24(22,23)16-6-4-3-5-7-16/h3-13H,1-2H3. The van der Waals surface area contributed by atoms with Crippen molar-refractivity contribution in [1.82, 2.24) is 3.97 Å². The van der Waals surface area contributed by atoms with Crippen molar-refractivity contribution in [1.29, 1.82) is 0 Å². The minimum atomic E-state index is -3.66. The maximum Gasteiger partial charge on any atom is 0.268 e. The van der Waals surface area contributed by atoms with E-state index in [2.05, 4.69) is 0 Å². The highest BCUT2D eigenvalue weighted by Gasteiger charge is 2.23. The van der Waals surface area contributed by atoms with E-state index < -0.39 is 10.0 Å². The van der Waals surface area contributed by atoms with Gasteiger partial charge in [-0.25, -0.2) is 12.4 Å². The summed E-state index contributed by atoms with van der Waals surface area (Å²) in [5, 5.41) is 1.92. The molecule has 0 aliphatic heterocycles. The van der Waals surface area contributed by atoms with Crippen LogP contribution in [0.1, 0.15) is 11.1 Å². The summed E-state index contributed by atoms with van der Waals surface area (Å²) in [6, 6.07) is 20.4. The minimum Gasteiger partial charge on any atom is -0.233 e. The van der Waals surface area contributed by atoms with E-state index in [1.807, 2.05) is 56.3 Å². The summed E-state index contributed by atoms with van der Waals surface area (Å²) in [6.07, 6.45) is 0. The molecule has 0 saturated carbocycles. The Balaban J connectivity index is 2.20. The maximum atomic E-state index is 13.3. The Morgan fingerprint density at radius 1 is 0.708 bits per heavy atom. The molecule has 0 aliphatic rings. The number of benzene rings is 3. The van der Waals surface area contributed by atoms with Crippen molar-refractivity contribution >= 4 is 31.8 Å². The minimum absolute atomic E-state index is 0.297. The van der Waals surface area contributed by atoms with Crippen molar-refractivity contribution < 1.29 is 8.42 Å². The fraction of sp³-hybridized carbons (Fsp3) is 0.100. The number of hydrogen-bond acceptors (Lipinski definition) is 2. The molecule has 0 aliphatic carbocycles. The zero-order valence-electron chi connectivity index (χ0n) is 13.5. The average Bonchev–Trinajstić information content (AvgIpc) is 2.89. The molecule has 0 unspecified atom stereocenters. The van der Waals surface area contributed by atoms with Crippen LogP contribution in [0.3, 0.4) is 0 Å². The van der Waals surface area contributed by atoms with Gasteiger partial charge >= 0.3 is 0 Å². The van der Waals surface area contributed by atoms with Crippen LogP contribution in [0.25, 0.3) is 21.8 Å². The fourth-order valence-corrected chi connectivity index (χ4v) is 4.71. The molecule has 0 fully saturated rings. The van der Waals surface area contributed by atoms with Crippen LogP contribution >= 0.6 is 0 Å². The molecule has 0 amide bonds. The second kappa shape index (κ2) is 5.21. The van der Waals surface area contributed by atoms with Crippen LogP contribution in [0.5, 0.6) is 0 Å². The lowest BCUT2D eigenvalue weighted by Crippen LogP contribution is -2.12. The molecule has 3 aromatic carbocycles. The summed E-state index contributed by atoms with van der Waals surface area (Å²) in [5.41, 5.74) is 3.58. The Kier molecular flexibility index (Phi) is 3.25. The van der Waals surface area contributed by atoms with Crippen molar-refractivity contribution in [2.24, 2.45) is 0 Å². The Labute approximate surface area is 141 Å². The number of aromatic nitrogens is 1. The van der Waals surface area contributed by atoms with Crippen LogP contribution in [0.15, 0.2) is 71.6 Å². The molecule has 4 aromatic rings. The third-order valence-electron chi connectivity index (χ3n) is 4.31. The molecule has 1 heterocycles. The lowest BCUT2D eigenvalue weighted by Gasteiger charge is -2.09.